The lowest BCUT2D eigenvalue weighted by Crippen LogP contribution is -2.48. The number of anilines is 1. The molecule has 0 unspecified atom stereocenters. The van der Waals surface area contributed by atoms with Gasteiger partial charge in [0.25, 0.3) is 5.91 Å². The first-order valence-electron chi connectivity index (χ1n) is 8.90. The van der Waals surface area contributed by atoms with Crippen molar-refractivity contribution in [1.29, 1.82) is 0 Å². The fourth-order valence-electron chi connectivity index (χ4n) is 3.01. The molecule has 0 aliphatic carbocycles. The monoisotopic (exact) mass is 469 g/mol. The van der Waals surface area contributed by atoms with Gasteiger partial charge in [0.1, 0.15) is 5.82 Å². The molecule has 150 valence electrons. The third-order valence-electron chi connectivity index (χ3n) is 4.69. The Labute approximate surface area is 172 Å². The van der Waals surface area contributed by atoms with E-state index in [-0.39, 0.29) is 14.9 Å². The molecule has 0 bridgehead atoms. The van der Waals surface area contributed by atoms with Crippen molar-refractivity contribution >= 4 is 37.5 Å². The standard InChI is InChI=1S/C19H21BrFN3O3S/c1-2-23-8-10-24(11-9-23)28(26,27)16-5-3-4-15(13-16)22-19(25)14-6-7-17(20)18(21)12-14/h3-7,12-13H,2,8-11H2,1H3,(H,22,25). The summed E-state index contributed by atoms with van der Waals surface area (Å²) in [5, 5.41) is 2.62. The first-order chi connectivity index (χ1) is 13.3. The maximum Gasteiger partial charge on any atom is 0.255 e. The van der Waals surface area contributed by atoms with E-state index < -0.39 is 21.7 Å². The van der Waals surface area contributed by atoms with Crippen molar-refractivity contribution in [3.63, 3.8) is 0 Å². The normalized spacial score (nSPS) is 16.1. The Bertz CT molecular complexity index is 976. The van der Waals surface area contributed by atoms with Crippen LogP contribution >= 0.6 is 15.9 Å². The van der Waals surface area contributed by atoms with Gasteiger partial charge in [-0.15, -0.1) is 0 Å². The molecule has 1 aliphatic rings. The van der Waals surface area contributed by atoms with E-state index in [0.717, 1.165) is 12.6 Å². The van der Waals surface area contributed by atoms with Crippen LogP contribution in [0.4, 0.5) is 10.1 Å². The van der Waals surface area contributed by atoms with Crippen LogP contribution in [0.1, 0.15) is 17.3 Å². The number of hydrogen-bond acceptors (Lipinski definition) is 4. The summed E-state index contributed by atoms with van der Waals surface area (Å²) >= 11 is 3.04. The lowest BCUT2D eigenvalue weighted by molar-refractivity contribution is 0.102. The van der Waals surface area contributed by atoms with E-state index in [9.17, 15) is 17.6 Å². The molecule has 0 spiro atoms. The van der Waals surface area contributed by atoms with Crippen LogP contribution in [0, 0.1) is 5.82 Å². The van der Waals surface area contributed by atoms with Gasteiger partial charge in [-0.2, -0.15) is 4.31 Å². The Morgan fingerprint density at radius 2 is 1.86 bits per heavy atom. The van der Waals surface area contributed by atoms with Gasteiger partial charge in [0.15, 0.2) is 0 Å². The van der Waals surface area contributed by atoms with Crippen LogP contribution in [-0.2, 0) is 10.0 Å². The van der Waals surface area contributed by atoms with E-state index in [4.69, 9.17) is 0 Å². The summed E-state index contributed by atoms with van der Waals surface area (Å²) in [6, 6.07) is 10.2. The number of sulfonamides is 1. The average Bonchev–Trinajstić information content (AvgIpc) is 2.70. The van der Waals surface area contributed by atoms with Crippen LogP contribution in [0.2, 0.25) is 0 Å². The summed E-state index contributed by atoms with van der Waals surface area (Å²) in [5.74, 6) is -1.06. The minimum atomic E-state index is -3.64. The van der Waals surface area contributed by atoms with Gasteiger partial charge in [-0.25, -0.2) is 12.8 Å². The van der Waals surface area contributed by atoms with Crippen molar-refractivity contribution in [2.45, 2.75) is 11.8 Å². The van der Waals surface area contributed by atoms with Gasteiger partial charge in [-0.05, 0) is 58.9 Å². The molecule has 0 radical (unpaired) electrons. The van der Waals surface area contributed by atoms with Crippen LogP contribution < -0.4 is 5.32 Å². The highest BCUT2D eigenvalue weighted by Crippen LogP contribution is 2.22. The zero-order valence-corrected chi connectivity index (χ0v) is 17.8. The number of amides is 1. The van der Waals surface area contributed by atoms with Crippen LogP contribution in [0.25, 0.3) is 0 Å². The maximum atomic E-state index is 13.6. The zero-order chi connectivity index (χ0) is 20.3. The van der Waals surface area contributed by atoms with E-state index in [1.165, 1.54) is 28.6 Å². The minimum absolute atomic E-state index is 0.122. The first-order valence-corrected chi connectivity index (χ1v) is 11.1. The lowest BCUT2D eigenvalue weighted by Gasteiger charge is -2.33. The van der Waals surface area contributed by atoms with E-state index >= 15 is 0 Å². The number of piperazine rings is 1. The highest BCUT2D eigenvalue weighted by atomic mass is 79.9. The second-order valence-electron chi connectivity index (χ2n) is 6.45. The second kappa shape index (κ2) is 8.69. The SMILES string of the molecule is CCN1CCN(S(=O)(=O)c2cccc(NC(=O)c3ccc(Br)c(F)c3)c2)CC1. The van der Waals surface area contributed by atoms with E-state index in [1.807, 2.05) is 6.92 Å². The van der Waals surface area contributed by atoms with Crippen molar-refractivity contribution in [3.05, 3.63) is 58.3 Å². The van der Waals surface area contributed by atoms with Crippen LogP contribution in [-0.4, -0.2) is 56.3 Å². The van der Waals surface area contributed by atoms with Crippen molar-refractivity contribution in [3.8, 4) is 0 Å². The molecule has 1 N–H and O–H groups in total. The fourth-order valence-corrected chi connectivity index (χ4v) is 4.73. The highest BCUT2D eigenvalue weighted by molar-refractivity contribution is 9.10. The Balaban J connectivity index is 1.76. The van der Waals surface area contributed by atoms with E-state index in [0.29, 0.717) is 31.9 Å². The molecular weight excluding hydrogens is 449 g/mol. The van der Waals surface area contributed by atoms with E-state index in [2.05, 4.69) is 26.1 Å². The number of hydrogen-bond donors (Lipinski definition) is 1. The van der Waals surface area contributed by atoms with Gasteiger partial charge >= 0.3 is 0 Å². The summed E-state index contributed by atoms with van der Waals surface area (Å²) in [5.41, 5.74) is 0.478. The molecule has 1 saturated heterocycles. The molecule has 2 aromatic carbocycles. The molecule has 0 atom stereocenters. The molecule has 2 aromatic rings. The van der Waals surface area contributed by atoms with E-state index in [1.54, 1.807) is 12.1 Å². The quantitative estimate of drug-likeness (QED) is 0.729. The Morgan fingerprint density at radius 3 is 2.50 bits per heavy atom. The topological polar surface area (TPSA) is 69.7 Å². The summed E-state index contributed by atoms with van der Waals surface area (Å²) < 4.78 is 41.2. The Morgan fingerprint density at radius 1 is 1.14 bits per heavy atom. The summed E-state index contributed by atoms with van der Waals surface area (Å²) in [6.07, 6.45) is 0. The second-order valence-corrected chi connectivity index (χ2v) is 9.24. The summed E-state index contributed by atoms with van der Waals surface area (Å²) in [4.78, 5) is 14.7. The van der Waals surface area contributed by atoms with Crippen molar-refractivity contribution in [2.75, 3.05) is 38.0 Å². The van der Waals surface area contributed by atoms with Gasteiger partial charge in [0, 0.05) is 37.4 Å². The third-order valence-corrected chi connectivity index (χ3v) is 7.23. The molecule has 0 saturated carbocycles. The predicted octanol–water partition coefficient (Wildman–Crippen LogP) is 3.17. The molecule has 6 nitrogen and oxygen atoms in total. The van der Waals surface area contributed by atoms with Gasteiger partial charge in [-0.3, -0.25) is 4.79 Å². The Hall–Kier alpha value is -1.81. The van der Waals surface area contributed by atoms with Gasteiger partial charge < -0.3 is 10.2 Å². The minimum Gasteiger partial charge on any atom is -0.322 e. The average molecular weight is 470 g/mol. The number of halogens is 2. The van der Waals surface area contributed by atoms with Gasteiger partial charge in [0.05, 0.1) is 9.37 Å². The molecule has 9 heteroatoms. The third kappa shape index (κ3) is 4.60. The maximum absolute atomic E-state index is 13.6. The lowest BCUT2D eigenvalue weighted by atomic mass is 10.2. The molecule has 28 heavy (non-hydrogen) atoms. The first kappa shape index (κ1) is 20.9. The summed E-state index contributed by atoms with van der Waals surface area (Å²) in [6.45, 7) is 5.21. The molecule has 0 aromatic heterocycles. The van der Waals surface area contributed by atoms with Crippen molar-refractivity contribution < 1.29 is 17.6 Å². The van der Waals surface area contributed by atoms with Crippen molar-refractivity contribution in [2.24, 2.45) is 0 Å². The molecule has 1 amide bonds. The number of carbonyl (C=O) groups excluding carboxylic acids is 1. The van der Waals surface area contributed by atoms with Crippen LogP contribution in [0.3, 0.4) is 0 Å². The zero-order valence-electron chi connectivity index (χ0n) is 15.4. The van der Waals surface area contributed by atoms with Gasteiger partial charge in [0.2, 0.25) is 10.0 Å². The molecule has 3 rings (SSSR count). The largest absolute Gasteiger partial charge is 0.322 e. The fraction of sp³-hybridized carbons (Fsp3) is 0.316. The molecule has 1 fully saturated rings. The highest BCUT2D eigenvalue weighted by Gasteiger charge is 2.28. The molecular formula is C19H21BrFN3O3S. The van der Waals surface area contributed by atoms with Gasteiger partial charge in [-0.1, -0.05) is 13.0 Å². The number of likely N-dealkylation sites (N-methyl/N-ethyl adjacent to an activating group) is 1. The van der Waals surface area contributed by atoms with Crippen LogP contribution in [0.15, 0.2) is 51.8 Å². The number of carbonyl (C=O) groups is 1. The van der Waals surface area contributed by atoms with Crippen LogP contribution in [0.5, 0.6) is 0 Å². The smallest absolute Gasteiger partial charge is 0.255 e. The number of benzene rings is 2. The number of nitrogens with zero attached hydrogens (tertiary/aromatic N) is 2. The summed E-state index contributed by atoms with van der Waals surface area (Å²) in [7, 11) is -3.64. The van der Waals surface area contributed by atoms with Crippen molar-refractivity contribution in [1.82, 2.24) is 9.21 Å². The molecule has 1 aliphatic heterocycles. The molecule has 1 heterocycles. The number of rotatable bonds is 5. The number of nitrogens with one attached hydrogen (secondary N) is 1. The predicted molar refractivity (Wildman–Crippen MR) is 109 cm³/mol. The Kier molecular flexibility index (Phi) is 6.49.